The first kappa shape index (κ1) is 64.5. The van der Waals surface area contributed by atoms with Crippen LogP contribution >= 0.6 is 68.9 Å². The molecule has 0 saturated carbocycles. The average Bonchev–Trinajstić information content (AvgIpc) is 1.49. The zero-order chi connectivity index (χ0) is 62.5. The molecule has 4 aliphatic rings. The third kappa shape index (κ3) is 14.9. The minimum Gasteiger partial charge on any atom is -0.741 e. The molecule has 0 radical (unpaired) electrons. The predicted octanol–water partition coefficient (Wildman–Crippen LogP) is 1.52. The van der Waals surface area contributed by atoms with E-state index in [4.69, 9.17) is 44.0 Å². The number of anilines is 2. The summed E-state index contributed by atoms with van der Waals surface area (Å²) in [5.41, 5.74) is 5.78. The van der Waals surface area contributed by atoms with Gasteiger partial charge in [0, 0.05) is 66.8 Å². The zero-order valence-corrected chi connectivity index (χ0v) is 48.3. The molecule has 0 aromatic carbocycles. The molecule has 0 spiro atoms. The van der Waals surface area contributed by atoms with E-state index in [1.165, 1.54) is 47.5 Å². The number of aromatic nitrogens is 4. The van der Waals surface area contributed by atoms with Crippen LogP contribution in [0.5, 0.6) is 0 Å². The Morgan fingerprint density at radius 2 is 1.11 bits per heavy atom. The van der Waals surface area contributed by atoms with Crippen LogP contribution in [0.2, 0.25) is 0 Å². The molecule has 4 unspecified atom stereocenters. The van der Waals surface area contributed by atoms with Crippen molar-refractivity contribution in [1.29, 1.82) is 0 Å². The van der Waals surface area contributed by atoms with Gasteiger partial charge in [-0.2, -0.15) is 26.3 Å². The van der Waals surface area contributed by atoms with Crippen LogP contribution in [-0.4, -0.2) is 157 Å². The molecule has 10 N–H and O–H groups in total. The number of nitrogens with two attached hydrogens (primary N) is 2. The van der Waals surface area contributed by atoms with Crippen molar-refractivity contribution in [1.82, 2.24) is 30.4 Å². The molecular weight excluding hydrogens is 1290 g/mol. The summed E-state index contributed by atoms with van der Waals surface area (Å²) >= 11 is 8.14. The fourth-order valence-electron chi connectivity index (χ4n) is 8.03. The van der Waals surface area contributed by atoms with E-state index in [2.05, 4.69) is 40.9 Å². The number of alkyl halides is 6. The number of thiophene rings is 2. The van der Waals surface area contributed by atoms with Crippen molar-refractivity contribution in [3.8, 4) is 0 Å². The number of aliphatic carboxylic acids is 3. The van der Waals surface area contributed by atoms with E-state index < -0.39 is 87.5 Å². The summed E-state index contributed by atoms with van der Waals surface area (Å²) in [7, 11) is -3.51. The summed E-state index contributed by atoms with van der Waals surface area (Å²) in [4.78, 5) is 117. The van der Waals surface area contributed by atoms with Crippen molar-refractivity contribution in [2.24, 2.45) is 10.3 Å². The van der Waals surface area contributed by atoms with Gasteiger partial charge in [0.05, 0.1) is 22.9 Å². The van der Waals surface area contributed by atoms with Gasteiger partial charge in [-0.1, -0.05) is 33.0 Å². The molecule has 0 aliphatic carbocycles. The van der Waals surface area contributed by atoms with Gasteiger partial charge >= 0.3 is 23.6 Å². The first-order chi connectivity index (χ1) is 39.9. The van der Waals surface area contributed by atoms with Crippen molar-refractivity contribution in [2.45, 2.75) is 48.7 Å². The Morgan fingerprint density at radius 1 is 0.741 bits per heavy atom. The van der Waals surface area contributed by atoms with Crippen LogP contribution in [0.4, 0.5) is 36.6 Å². The second kappa shape index (κ2) is 26.5. The monoisotopic (exact) mass is 1320 g/mol. The normalized spacial score (nSPS) is 18.7. The standard InChI is InChI=1S/2C21H18N6O5S3.C2HF3O2.CHF3O3S/c2*1-32-26-14(11-7-34-21(22)24-11)17(28)25-15-12-8-33-13(16(20(30)31)27(12)19(15)29)6-10-5-9-3-2-4-23-18(9)35-10;3-2(4,5)1(6)7;2-1(3,4)8(5,6)7/h2*2-5,7,12,15H,6,8H2,1H3,(H2,22,24)(H,25,28)(H,30,31);(H,6,7);(H,5,6,7). The Bertz CT molecular complexity index is 3590. The van der Waals surface area contributed by atoms with Gasteiger partial charge in [0.15, 0.2) is 44.2 Å². The number of hydrogen-bond acceptors (Lipinski definition) is 25. The minimum atomic E-state index is -6.09. The third-order valence-corrected chi connectivity index (χ3v) is 18.1. The van der Waals surface area contributed by atoms with Crippen LogP contribution in [0.1, 0.15) is 21.1 Å². The number of carbonyl (C=O) groups is 7. The number of halogens is 6. The van der Waals surface area contributed by atoms with Gasteiger partial charge < -0.3 is 56.4 Å². The van der Waals surface area contributed by atoms with Gasteiger partial charge in [0.25, 0.3) is 33.3 Å². The second-order valence-corrected chi connectivity index (χ2v) is 24.6. The van der Waals surface area contributed by atoms with Gasteiger partial charge in [-0.25, -0.2) is 37.9 Å². The second-order valence-electron chi connectivity index (χ2n) is 17.0. The zero-order valence-electron chi connectivity index (χ0n) is 42.6. The summed E-state index contributed by atoms with van der Waals surface area (Å²) in [5.74, 6) is -6.77. The van der Waals surface area contributed by atoms with Crippen LogP contribution < -0.4 is 37.2 Å². The number of hydrogen-bond donors (Lipinski definition) is 6. The Hall–Kier alpha value is -8.02. The van der Waals surface area contributed by atoms with Gasteiger partial charge in [-0.05, 0) is 24.3 Å². The molecule has 27 nitrogen and oxygen atoms in total. The molecule has 6 aromatic heterocycles. The van der Waals surface area contributed by atoms with Crippen LogP contribution in [0.25, 0.3) is 20.4 Å². The van der Waals surface area contributed by atoms with Crippen molar-refractivity contribution in [3.05, 3.63) is 102 Å². The van der Waals surface area contributed by atoms with Gasteiger partial charge in [-0.3, -0.25) is 29.0 Å². The number of nitrogen functional groups attached to an aromatic ring is 2. The molecule has 6 aromatic rings. The fraction of sp³-hybridized carbons (Fsp3) is 0.267. The highest BCUT2D eigenvalue weighted by atomic mass is 32.2. The number of rotatable bonds is 14. The van der Waals surface area contributed by atoms with E-state index in [-0.39, 0.29) is 44.5 Å². The van der Waals surface area contributed by atoms with E-state index in [0.29, 0.717) is 34.2 Å². The number of nitrogens with one attached hydrogen (secondary N) is 4. The first-order valence-corrected chi connectivity index (χ1v) is 29.9. The highest BCUT2D eigenvalue weighted by Gasteiger charge is 2.55. The molecule has 452 valence electrons. The average molecular weight is 1330 g/mol. The number of amides is 4. The van der Waals surface area contributed by atoms with E-state index in [0.717, 1.165) is 52.9 Å². The molecule has 4 atom stereocenters. The summed E-state index contributed by atoms with van der Waals surface area (Å²) in [6.45, 7) is 0. The lowest BCUT2D eigenvalue weighted by atomic mass is 9.94. The quantitative estimate of drug-likeness (QED) is 0.0225. The van der Waals surface area contributed by atoms with Gasteiger partial charge in [-0.15, -0.1) is 46.2 Å². The smallest absolute Gasteiger partial charge is 0.485 e. The lowest BCUT2D eigenvalue weighted by Crippen LogP contribution is -2.73. The number of thioether (sulfide) groups is 2. The predicted molar refractivity (Wildman–Crippen MR) is 290 cm³/mol. The number of nitrogens with zero attached hydrogens (tertiary/aromatic N) is 6. The Morgan fingerprint density at radius 3 is 1.39 bits per heavy atom. The van der Waals surface area contributed by atoms with E-state index in [1.807, 2.05) is 48.8 Å². The SMILES string of the molecule is CON=C(C(=O)NC1C(=O)N2C(C(=O)O)=C(Cc3cc4ccc[nH+]c4s3)SCC12)c1csc(N)n1.CON=C(C(=O)NC1C(=O)N2C(C(=O)O)=C(Cc3cc4ccc[nH+]c4s3)SCC12)c1csc(N)n1.O=C([O-])C(F)(F)F.O=S(=O)([O-])C(F)(F)F. The van der Waals surface area contributed by atoms with Gasteiger partial charge in [0.1, 0.15) is 55.1 Å². The number of carbonyl (C=O) groups excluding carboxylic acids is 5. The largest absolute Gasteiger partial charge is 0.741 e. The highest BCUT2D eigenvalue weighted by molar-refractivity contribution is 8.03. The van der Waals surface area contributed by atoms with Crippen LogP contribution in [-0.2, 0) is 66.2 Å². The molecule has 4 amide bonds. The maximum absolute atomic E-state index is 13.0. The van der Waals surface area contributed by atoms with Gasteiger partial charge in [0.2, 0.25) is 0 Å². The number of aromatic amines is 2. The highest BCUT2D eigenvalue weighted by Crippen LogP contribution is 2.43. The number of β-lactam (4-membered cyclic amide) rings is 2. The fourth-order valence-corrected chi connectivity index (χ4v) is 14.0. The number of pyridine rings is 2. The number of allylic oxidation sites excluding steroid dienone is 2. The Balaban J connectivity index is 0.000000197. The molecule has 4 aliphatic heterocycles. The summed E-state index contributed by atoms with van der Waals surface area (Å²) < 4.78 is 90.5. The van der Waals surface area contributed by atoms with Crippen molar-refractivity contribution in [3.63, 3.8) is 0 Å². The van der Waals surface area contributed by atoms with Crippen LogP contribution in [0.3, 0.4) is 0 Å². The van der Waals surface area contributed by atoms with Crippen LogP contribution in [0.15, 0.2) is 91.1 Å². The minimum absolute atomic E-state index is 0.0405. The maximum atomic E-state index is 13.0. The summed E-state index contributed by atoms with van der Waals surface area (Å²) in [6.07, 6.45) is -0.709. The van der Waals surface area contributed by atoms with E-state index in [9.17, 15) is 65.3 Å². The Labute approximate surface area is 496 Å². The molecular formula is C45H38F6N12O15S7. The first-order valence-electron chi connectivity index (χ1n) is 23.1. The van der Waals surface area contributed by atoms with Crippen molar-refractivity contribution < 1.29 is 108 Å². The number of H-pyrrole nitrogens is 2. The molecule has 10 rings (SSSR count). The lowest BCUT2D eigenvalue weighted by molar-refractivity contribution is -0.344. The molecule has 85 heavy (non-hydrogen) atoms. The van der Waals surface area contributed by atoms with Crippen molar-refractivity contribution in [2.75, 3.05) is 37.2 Å². The number of carboxylic acids is 3. The third-order valence-electron chi connectivity index (χ3n) is 11.6. The Kier molecular flexibility index (Phi) is 20.1. The number of thiazole rings is 2. The summed E-state index contributed by atoms with van der Waals surface area (Å²) in [5, 5.41) is 47.1. The van der Waals surface area contributed by atoms with Crippen molar-refractivity contribution >= 4 is 163 Å². The molecule has 0 bridgehead atoms. The molecule has 10 heterocycles. The van der Waals surface area contributed by atoms with Crippen LogP contribution in [0, 0.1) is 0 Å². The topological polar surface area (TPSA) is 420 Å². The lowest BCUT2D eigenvalue weighted by Gasteiger charge is -2.49. The molecule has 40 heteroatoms. The number of fused-ring (bicyclic) bond motifs is 4. The number of oxime groups is 2. The van der Waals surface area contributed by atoms with E-state index in [1.54, 1.807) is 33.4 Å². The molecule has 2 saturated heterocycles. The molecule has 2 fully saturated rings. The van der Waals surface area contributed by atoms with E-state index >= 15 is 0 Å². The summed E-state index contributed by atoms with van der Waals surface area (Å²) in [6, 6.07) is 9.03. The number of carboxylic acid groups (broad SMARTS) is 3. The maximum Gasteiger partial charge on any atom is 0.485 e.